The minimum absolute atomic E-state index is 0.358. The number of rotatable bonds is 6. The standard InChI is InChI=1S/C20H30O/c1-5-6-7-8-16-12-19(20(21)13-16)18-11-15(4)9-10-17(18)14(2)3/h11,13,17-18,21H,2,5-10,12H2,1,3-4H3/t17-,18?/m0/s1. The highest BCUT2D eigenvalue weighted by Crippen LogP contribution is 2.43. The van der Waals surface area contributed by atoms with Crippen molar-refractivity contribution >= 4 is 0 Å². The van der Waals surface area contributed by atoms with Crippen molar-refractivity contribution < 1.29 is 5.11 Å². The molecule has 0 heterocycles. The van der Waals surface area contributed by atoms with Gasteiger partial charge < -0.3 is 5.11 Å². The van der Waals surface area contributed by atoms with Crippen LogP contribution < -0.4 is 0 Å². The van der Waals surface area contributed by atoms with Crippen LogP contribution in [0, 0.1) is 11.8 Å². The average molecular weight is 286 g/mol. The fourth-order valence-electron chi connectivity index (χ4n) is 3.69. The molecule has 0 aromatic heterocycles. The van der Waals surface area contributed by atoms with Crippen LogP contribution in [0.15, 0.2) is 46.8 Å². The zero-order valence-electron chi connectivity index (χ0n) is 13.9. The van der Waals surface area contributed by atoms with E-state index >= 15 is 0 Å². The third-order valence-corrected chi connectivity index (χ3v) is 4.97. The first-order valence-corrected chi connectivity index (χ1v) is 8.47. The fourth-order valence-corrected chi connectivity index (χ4v) is 3.69. The van der Waals surface area contributed by atoms with Crippen molar-refractivity contribution in [3.63, 3.8) is 0 Å². The third-order valence-electron chi connectivity index (χ3n) is 4.97. The molecule has 1 nitrogen and oxygen atoms in total. The summed E-state index contributed by atoms with van der Waals surface area (Å²) in [6.45, 7) is 10.8. The zero-order chi connectivity index (χ0) is 15.4. The molecular weight excluding hydrogens is 256 g/mol. The number of aliphatic hydroxyl groups is 1. The Morgan fingerprint density at radius 1 is 1.38 bits per heavy atom. The van der Waals surface area contributed by atoms with Gasteiger partial charge in [-0.05, 0) is 63.5 Å². The zero-order valence-corrected chi connectivity index (χ0v) is 13.9. The maximum Gasteiger partial charge on any atom is 0.115 e. The highest BCUT2D eigenvalue weighted by atomic mass is 16.3. The summed E-state index contributed by atoms with van der Waals surface area (Å²) < 4.78 is 0. The first-order chi connectivity index (χ1) is 10.0. The molecule has 0 aromatic carbocycles. The molecule has 0 fully saturated rings. The molecule has 0 spiro atoms. The normalized spacial score (nSPS) is 25.9. The van der Waals surface area contributed by atoms with Crippen molar-refractivity contribution in [3.05, 3.63) is 46.8 Å². The fraction of sp³-hybridized carbons (Fsp3) is 0.600. The quantitative estimate of drug-likeness (QED) is 0.451. The molecule has 0 radical (unpaired) electrons. The van der Waals surface area contributed by atoms with Gasteiger partial charge in [0.05, 0.1) is 0 Å². The van der Waals surface area contributed by atoms with Crippen molar-refractivity contribution in [2.75, 3.05) is 0 Å². The monoisotopic (exact) mass is 286 g/mol. The summed E-state index contributed by atoms with van der Waals surface area (Å²) in [5, 5.41) is 10.4. The van der Waals surface area contributed by atoms with Crippen molar-refractivity contribution in [1.29, 1.82) is 0 Å². The molecule has 21 heavy (non-hydrogen) atoms. The van der Waals surface area contributed by atoms with E-state index in [2.05, 4.69) is 33.4 Å². The van der Waals surface area contributed by atoms with Gasteiger partial charge in [-0.3, -0.25) is 0 Å². The van der Waals surface area contributed by atoms with E-state index in [9.17, 15) is 5.11 Å². The predicted molar refractivity (Wildman–Crippen MR) is 91.3 cm³/mol. The smallest absolute Gasteiger partial charge is 0.115 e. The van der Waals surface area contributed by atoms with E-state index in [-0.39, 0.29) is 0 Å². The van der Waals surface area contributed by atoms with Gasteiger partial charge in [0.1, 0.15) is 5.76 Å². The second-order valence-corrected chi connectivity index (χ2v) is 6.88. The SMILES string of the molecule is C=C(C)[C@@H]1CCC(C)=CC1C1=C(O)C=C(CCCCC)C1. The van der Waals surface area contributed by atoms with Gasteiger partial charge in [-0.15, -0.1) is 0 Å². The van der Waals surface area contributed by atoms with Gasteiger partial charge in [-0.1, -0.05) is 49.1 Å². The minimum atomic E-state index is 0.358. The Morgan fingerprint density at radius 3 is 2.81 bits per heavy atom. The lowest BCUT2D eigenvalue weighted by Crippen LogP contribution is -2.20. The average Bonchev–Trinajstić information content (AvgIpc) is 2.79. The molecule has 2 atom stereocenters. The number of aliphatic hydroxyl groups excluding tert-OH is 1. The van der Waals surface area contributed by atoms with Crippen LogP contribution in [-0.2, 0) is 0 Å². The maximum atomic E-state index is 10.4. The van der Waals surface area contributed by atoms with Crippen molar-refractivity contribution in [3.8, 4) is 0 Å². The van der Waals surface area contributed by atoms with E-state index in [1.54, 1.807) is 0 Å². The molecule has 0 aliphatic heterocycles. The van der Waals surface area contributed by atoms with Crippen LogP contribution in [0.5, 0.6) is 0 Å². The molecule has 0 bridgehead atoms. The first-order valence-electron chi connectivity index (χ1n) is 8.47. The highest BCUT2D eigenvalue weighted by Gasteiger charge is 2.31. The van der Waals surface area contributed by atoms with Gasteiger partial charge >= 0.3 is 0 Å². The molecule has 1 heteroatoms. The topological polar surface area (TPSA) is 20.2 Å². The second-order valence-electron chi connectivity index (χ2n) is 6.88. The highest BCUT2D eigenvalue weighted by molar-refractivity contribution is 5.40. The third kappa shape index (κ3) is 3.90. The summed E-state index contributed by atoms with van der Waals surface area (Å²) in [5.41, 5.74) is 5.35. The number of hydrogen-bond acceptors (Lipinski definition) is 1. The van der Waals surface area contributed by atoms with Crippen LogP contribution >= 0.6 is 0 Å². The molecule has 0 saturated carbocycles. The van der Waals surface area contributed by atoms with Gasteiger partial charge in [-0.2, -0.15) is 0 Å². The van der Waals surface area contributed by atoms with Crippen molar-refractivity contribution in [2.24, 2.45) is 11.8 Å². The van der Waals surface area contributed by atoms with Crippen LogP contribution in [0.2, 0.25) is 0 Å². The summed E-state index contributed by atoms with van der Waals surface area (Å²) in [6, 6.07) is 0. The lowest BCUT2D eigenvalue weighted by molar-refractivity contribution is 0.391. The summed E-state index contributed by atoms with van der Waals surface area (Å²) >= 11 is 0. The molecule has 2 aliphatic rings. The van der Waals surface area contributed by atoms with Gasteiger partial charge in [0, 0.05) is 5.92 Å². The molecule has 1 unspecified atom stereocenters. The second kappa shape index (κ2) is 7.15. The Labute approximate surface area is 130 Å². The Hall–Kier alpha value is -1.24. The van der Waals surface area contributed by atoms with Crippen LogP contribution in [0.4, 0.5) is 0 Å². The Kier molecular flexibility index (Phi) is 5.50. The molecule has 2 aliphatic carbocycles. The van der Waals surface area contributed by atoms with Gasteiger partial charge in [0.15, 0.2) is 0 Å². The largest absolute Gasteiger partial charge is 0.508 e. The van der Waals surface area contributed by atoms with Crippen LogP contribution in [0.3, 0.4) is 0 Å². The molecule has 2 rings (SSSR count). The molecule has 0 aromatic rings. The van der Waals surface area contributed by atoms with Crippen molar-refractivity contribution in [1.82, 2.24) is 0 Å². The maximum absolute atomic E-state index is 10.4. The van der Waals surface area contributed by atoms with Gasteiger partial charge in [0.2, 0.25) is 0 Å². The van der Waals surface area contributed by atoms with E-state index < -0.39 is 0 Å². The number of unbranched alkanes of at least 4 members (excludes halogenated alkanes) is 2. The summed E-state index contributed by atoms with van der Waals surface area (Å²) in [4.78, 5) is 0. The molecule has 0 amide bonds. The Morgan fingerprint density at radius 2 is 2.14 bits per heavy atom. The van der Waals surface area contributed by atoms with Gasteiger partial charge in [-0.25, -0.2) is 0 Å². The summed E-state index contributed by atoms with van der Waals surface area (Å²) in [5.74, 6) is 1.38. The van der Waals surface area contributed by atoms with E-state index in [1.165, 1.54) is 54.4 Å². The molecule has 1 N–H and O–H groups in total. The number of allylic oxidation sites excluding steroid dienone is 6. The lowest BCUT2D eigenvalue weighted by atomic mass is 9.73. The predicted octanol–water partition coefficient (Wildman–Crippen LogP) is 6.26. The van der Waals surface area contributed by atoms with E-state index in [4.69, 9.17) is 0 Å². The molecule has 0 saturated heterocycles. The Balaban J connectivity index is 2.09. The van der Waals surface area contributed by atoms with E-state index in [1.807, 2.05) is 6.08 Å². The van der Waals surface area contributed by atoms with E-state index in [0.717, 1.165) is 12.8 Å². The van der Waals surface area contributed by atoms with Crippen molar-refractivity contribution in [2.45, 2.75) is 65.7 Å². The molecular formula is C20H30O. The lowest BCUT2D eigenvalue weighted by Gasteiger charge is -2.31. The molecule has 116 valence electrons. The Bertz CT molecular complexity index is 490. The first kappa shape index (κ1) is 16.1. The summed E-state index contributed by atoms with van der Waals surface area (Å²) in [6.07, 6.45) is 12.6. The van der Waals surface area contributed by atoms with Crippen LogP contribution in [-0.4, -0.2) is 5.11 Å². The summed E-state index contributed by atoms with van der Waals surface area (Å²) in [7, 11) is 0. The van der Waals surface area contributed by atoms with Crippen LogP contribution in [0.25, 0.3) is 0 Å². The van der Waals surface area contributed by atoms with E-state index in [0.29, 0.717) is 17.6 Å². The van der Waals surface area contributed by atoms with Crippen LogP contribution in [0.1, 0.15) is 65.7 Å². The van der Waals surface area contributed by atoms with Gasteiger partial charge in [0.25, 0.3) is 0 Å². The number of hydrogen-bond donors (Lipinski definition) is 1. The minimum Gasteiger partial charge on any atom is -0.508 e.